The molecular weight excluding hydrogens is 629 g/mol. The number of anilines is 1. The number of H-pyrrole nitrogens is 1. The SMILES string of the molecule is CO[C@@H]1[C@H](O)[C@@H](COP(=O)(NCCCN(C)C)O[C@H]2C[C@H](n3cc(C)c(=O)[nH]c3=O)O[C@@H]2CO)O[C@H]1n1cnc2c(N)ncnc21. The Bertz CT molecular complexity index is 1660. The van der Waals surface area contributed by atoms with E-state index in [1.54, 1.807) is 4.57 Å². The van der Waals surface area contributed by atoms with Crippen molar-refractivity contribution >= 4 is 24.7 Å². The summed E-state index contributed by atoms with van der Waals surface area (Å²) in [5, 5.41) is 24.0. The monoisotopic (exact) mass is 669 g/mol. The molecule has 46 heavy (non-hydrogen) atoms. The molecule has 0 bridgehead atoms. The minimum absolute atomic E-state index is 0.0123. The predicted octanol–water partition coefficient (Wildman–Crippen LogP) is -1.13. The van der Waals surface area contributed by atoms with Gasteiger partial charge in [-0.05, 0) is 34.0 Å². The first kappa shape index (κ1) is 34.2. The van der Waals surface area contributed by atoms with Crippen molar-refractivity contribution in [2.24, 2.45) is 0 Å². The number of aliphatic hydroxyl groups is 2. The van der Waals surface area contributed by atoms with Gasteiger partial charge >= 0.3 is 13.4 Å². The number of nitrogens with zero attached hydrogens (tertiary/aromatic N) is 6. The van der Waals surface area contributed by atoms with E-state index in [1.807, 2.05) is 19.0 Å². The Morgan fingerprint density at radius 2 is 2.00 bits per heavy atom. The van der Waals surface area contributed by atoms with Gasteiger partial charge in [0.25, 0.3) is 5.56 Å². The first-order valence-corrected chi connectivity index (χ1v) is 16.2. The molecule has 0 spiro atoms. The number of aromatic nitrogens is 6. The van der Waals surface area contributed by atoms with E-state index in [0.717, 1.165) is 0 Å². The molecule has 1 unspecified atom stereocenters. The summed E-state index contributed by atoms with van der Waals surface area (Å²) < 4.78 is 46.3. The minimum Gasteiger partial charge on any atom is -0.394 e. The van der Waals surface area contributed by atoms with Crippen LogP contribution in [0, 0.1) is 6.92 Å². The van der Waals surface area contributed by atoms with Gasteiger partial charge in [0.15, 0.2) is 17.7 Å². The number of aliphatic hydroxyl groups excluding tert-OH is 2. The molecule has 254 valence electrons. The number of nitrogen functional groups attached to an aromatic ring is 1. The molecule has 0 saturated carbocycles. The second kappa shape index (κ2) is 14.3. The van der Waals surface area contributed by atoms with Gasteiger partial charge < -0.3 is 35.1 Å². The average molecular weight is 670 g/mol. The lowest BCUT2D eigenvalue weighted by Crippen LogP contribution is -2.36. The summed E-state index contributed by atoms with van der Waals surface area (Å²) in [7, 11) is 1.07. The zero-order valence-electron chi connectivity index (χ0n) is 25.9. The van der Waals surface area contributed by atoms with Crippen LogP contribution in [0.25, 0.3) is 11.2 Å². The molecule has 0 amide bonds. The minimum atomic E-state index is -4.15. The van der Waals surface area contributed by atoms with E-state index in [-0.39, 0.29) is 31.0 Å². The highest BCUT2D eigenvalue weighted by Crippen LogP contribution is 2.49. The summed E-state index contributed by atoms with van der Waals surface area (Å²) in [6.07, 6.45) is -2.17. The van der Waals surface area contributed by atoms with Gasteiger partial charge in [0.1, 0.15) is 48.6 Å². The van der Waals surface area contributed by atoms with Crippen LogP contribution < -0.4 is 22.1 Å². The summed E-state index contributed by atoms with van der Waals surface area (Å²) in [6, 6.07) is 0. The molecule has 6 N–H and O–H groups in total. The number of fused-ring (bicyclic) bond motifs is 1. The first-order valence-electron chi connectivity index (χ1n) is 14.6. The Morgan fingerprint density at radius 3 is 2.72 bits per heavy atom. The summed E-state index contributed by atoms with van der Waals surface area (Å²) in [6.45, 7) is 1.59. The summed E-state index contributed by atoms with van der Waals surface area (Å²) in [4.78, 5) is 40.9. The van der Waals surface area contributed by atoms with E-state index in [1.165, 1.54) is 37.5 Å². The number of hydrogen-bond acceptors (Lipinski definition) is 15. The number of ether oxygens (including phenoxy) is 3. The zero-order valence-corrected chi connectivity index (χ0v) is 26.8. The van der Waals surface area contributed by atoms with Crippen molar-refractivity contribution < 1.29 is 38.0 Å². The van der Waals surface area contributed by atoms with E-state index in [4.69, 9.17) is 29.0 Å². The van der Waals surface area contributed by atoms with Crippen LogP contribution in [0.3, 0.4) is 0 Å². The molecule has 5 rings (SSSR count). The number of imidazole rings is 1. The van der Waals surface area contributed by atoms with Crippen molar-refractivity contribution in [3.8, 4) is 0 Å². The second-order valence-corrected chi connectivity index (χ2v) is 13.1. The van der Waals surface area contributed by atoms with Crippen molar-refractivity contribution in [1.82, 2.24) is 39.1 Å². The van der Waals surface area contributed by atoms with Gasteiger partial charge in [0.05, 0.1) is 19.5 Å². The van der Waals surface area contributed by atoms with Crippen molar-refractivity contribution in [3.63, 3.8) is 0 Å². The maximum Gasteiger partial charge on any atom is 0.405 e. The fourth-order valence-electron chi connectivity index (χ4n) is 5.41. The second-order valence-electron chi connectivity index (χ2n) is 11.4. The molecule has 2 fully saturated rings. The summed E-state index contributed by atoms with van der Waals surface area (Å²) in [5.74, 6) is 0.175. The quantitative estimate of drug-likeness (QED) is 0.101. The number of methoxy groups -OCH3 is 1. The lowest BCUT2D eigenvalue weighted by molar-refractivity contribution is -0.0600. The van der Waals surface area contributed by atoms with Gasteiger partial charge in [0.2, 0.25) is 0 Å². The number of nitrogens with two attached hydrogens (primary N) is 1. The predicted molar refractivity (Wildman–Crippen MR) is 162 cm³/mol. The van der Waals surface area contributed by atoms with E-state index in [9.17, 15) is 24.4 Å². The normalized spacial score (nSPS) is 27.9. The maximum absolute atomic E-state index is 14.2. The van der Waals surface area contributed by atoms with Crippen LogP contribution in [0.5, 0.6) is 0 Å². The Balaban J connectivity index is 1.33. The van der Waals surface area contributed by atoms with Crippen molar-refractivity contribution in [1.29, 1.82) is 0 Å². The summed E-state index contributed by atoms with van der Waals surface area (Å²) in [5.41, 5.74) is 5.70. The summed E-state index contributed by atoms with van der Waals surface area (Å²) >= 11 is 0. The third-order valence-corrected chi connectivity index (χ3v) is 9.48. The first-order chi connectivity index (χ1) is 21.9. The van der Waals surface area contributed by atoms with Gasteiger partial charge in [-0.15, -0.1) is 0 Å². The number of aryl methyl sites for hydroxylation is 1. The van der Waals surface area contributed by atoms with Crippen LogP contribution in [0.15, 0.2) is 28.4 Å². The standard InChI is InChI=1S/C26H40N9O10P/c1-14-9-34(26(39)32-24(14)38)18-8-15(16(10-36)43-18)45-46(40,31-6-5-7-33(2)3)42-11-17-20(37)21(41-4)25(44-17)35-13-30-19-22(27)28-12-29-23(19)35/h9,12-13,15-18,20-21,25,36-37H,5-8,10-11H2,1-4H3,(H,31,40)(H2,27,28,29)(H,32,38,39)/t15-,16+,17+,18+,20+,21+,25+,46?/m0/s1. The smallest absolute Gasteiger partial charge is 0.394 e. The molecule has 0 aromatic carbocycles. The Labute approximate surface area is 263 Å². The number of aromatic amines is 1. The zero-order chi connectivity index (χ0) is 33.2. The van der Waals surface area contributed by atoms with Crippen LogP contribution in [0.4, 0.5) is 5.82 Å². The highest BCUT2D eigenvalue weighted by molar-refractivity contribution is 7.51. The number of nitrogens with one attached hydrogen (secondary N) is 2. The number of hydrogen-bond donors (Lipinski definition) is 5. The molecule has 3 aromatic rings. The molecule has 2 aliphatic heterocycles. The fraction of sp³-hybridized carbons (Fsp3) is 0.654. The largest absolute Gasteiger partial charge is 0.405 e. The van der Waals surface area contributed by atoms with Gasteiger partial charge in [-0.25, -0.2) is 29.4 Å². The molecule has 20 heteroatoms. The van der Waals surface area contributed by atoms with Gasteiger partial charge in [-0.2, -0.15) is 0 Å². The van der Waals surface area contributed by atoms with Gasteiger partial charge in [0, 0.05) is 31.8 Å². The maximum atomic E-state index is 14.2. The van der Waals surface area contributed by atoms with E-state index in [2.05, 4.69) is 25.0 Å². The number of rotatable bonds is 14. The molecule has 2 saturated heterocycles. The lowest BCUT2D eigenvalue weighted by atomic mass is 10.1. The van der Waals surface area contributed by atoms with Crippen molar-refractivity contribution in [2.45, 2.75) is 62.7 Å². The van der Waals surface area contributed by atoms with Gasteiger partial charge in [-0.3, -0.25) is 28.0 Å². The molecule has 2 aliphatic rings. The molecule has 8 atom stereocenters. The molecular formula is C26H40N9O10P. The van der Waals surface area contributed by atoms with E-state index < -0.39 is 68.6 Å². The van der Waals surface area contributed by atoms with Crippen LogP contribution in [0.2, 0.25) is 0 Å². The van der Waals surface area contributed by atoms with Crippen molar-refractivity contribution in [2.75, 3.05) is 53.2 Å². The van der Waals surface area contributed by atoms with Crippen LogP contribution in [-0.2, 0) is 27.8 Å². The fourth-order valence-corrected chi connectivity index (χ4v) is 6.99. The van der Waals surface area contributed by atoms with Crippen LogP contribution in [-0.4, -0.2) is 122 Å². The molecule has 3 aromatic heterocycles. The van der Waals surface area contributed by atoms with Crippen LogP contribution in [0.1, 0.15) is 30.9 Å². The topological polar surface area (TPSA) is 243 Å². The third kappa shape index (κ3) is 7.23. The Hall–Kier alpha value is -3.10. The van der Waals surface area contributed by atoms with E-state index in [0.29, 0.717) is 24.1 Å². The average Bonchev–Trinajstić information content (AvgIpc) is 3.71. The van der Waals surface area contributed by atoms with E-state index >= 15 is 0 Å². The molecule has 0 aliphatic carbocycles. The molecule has 5 heterocycles. The molecule has 0 radical (unpaired) electrons. The molecule has 19 nitrogen and oxygen atoms in total. The Morgan fingerprint density at radius 1 is 1.22 bits per heavy atom. The van der Waals surface area contributed by atoms with Crippen LogP contribution >= 0.6 is 7.75 Å². The van der Waals surface area contributed by atoms with Gasteiger partial charge in [-0.1, -0.05) is 0 Å². The third-order valence-electron chi connectivity index (χ3n) is 7.83. The Kier molecular flexibility index (Phi) is 10.7. The van der Waals surface area contributed by atoms with Crippen molar-refractivity contribution in [3.05, 3.63) is 45.3 Å². The highest BCUT2D eigenvalue weighted by atomic mass is 31.2. The lowest BCUT2D eigenvalue weighted by Gasteiger charge is -2.26. The highest BCUT2D eigenvalue weighted by Gasteiger charge is 2.48.